The van der Waals surface area contributed by atoms with Gasteiger partial charge in [-0.1, -0.05) is 36.9 Å². The van der Waals surface area contributed by atoms with Crippen LogP contribution >= 0.6 is 23.3 Å². The van der Waals surface area contributed by atoms with Gasteiger partial charge in [-0.3, -0.25) is 0 Å². The minimum absolute atomic E-state index is 0.360. The number of aromatic nitrogens is 2. The number of aryl methyl sites for hydroxylation is 3. The van der Waals surface area contributed by atoms with E-state index in [0.717, 1.165) is 28.9 Å². The standard InChI is InChI=1S/C16H23N3S2/c1-5-8-17-15(10-20-16-18-13(4)19-21-16)14-7-6-11(2)12(3)9-14/h6-7,9,15,17H,5,8,10H2,1-4H3. The first-order valence-electron chi connectivity index (χ1n) is 7.33. The van der Waals surface area contributed by atoms with Gasteiger partial charge in [0.2, 0.25) is 0 Å². The van der Waals surface area contributed by atoms with Gasteiger partial charge in [0.15, 0.2) is 4.34 Å². The van der Waals surface area contributed by atoms with Gasteiger partial charge in [0, 0.05) is 11.8 Å². The number of hydrogen-bond acceptors (Lipinski definition) is 5. The number of nitrogens with zero attached hydrogens (tertiary/aromatic N) is 2. The normalized spacial score (nSPS) is 12.6. The molecular formula is C16H23N3S2. The molecule has 0 radical (unpaired) electrons. The molecule has 0 saturated heterocycles. The van der Waals surface area contributed by atoms with Crippen LogP contribution in [0.25, 0.3) is 0 Å². The third-order valence-electron chi connectivity index (χ3n) is 3.46. The fourth-order valence-electron chi connectivity index (χ4n) is 2.06. The highest BCUT2D eigenvalue weighted by atomic mass is 32.2. The molecule has 21 heavy (non-hydrogen) atoms. The molecule has 0 aliphatic carbocycles. The topological polar surface area (TPSA) is 37.8 Å². The van der Waals surface area contributed by atoms with Gasteiger partial charge in [0.05, 0.1) is 0 Å². The SMILES string of the molecule is CCCNC(CSc1nc(C)ns1)c1ccc(C)c(C)c1. The summed E-state index contributed by atoms with van der Waals surface area (Å²) in [7, 11) is 0. The minimum Gasteiger partial charge on any atom is -0.309 e. The van der Waals surface area contributed by atoms with Gasteiger partial charge in [0.25, 0.3) is 0 Å². The molecular weight excluding hydrogens is 298 g/mol. The van der Waals surface area contributed by atoms with Crippen LogP contribution in [0.15, 0.2) is 22.5 Å². The van der Waals surface area contributed by atoms with Crippen molar-refractivity contribution in [1.29, 1.82) is 0 Å². The van der Waals surface area contributed by atoms with Crippen molar-refractivity contribution in [3.05, 3.63) is 40.7 Å². The van der Waals surface area contributed by atoms with Crippen LogP contribution in [0.3, 0.4) is 0 Å². The fourth-order valence-corrected chi connectivity index (χ4v) is 3.83. The molecule has 2 rings (SSSR count). The van der Waals surface area contributed by atoms with Gasteiger partial charge in [-0.2, -0.15) is 4.37 Å². The largest absolute Gasteiger partial charge is 0.309 e. The Morgan fingerprint density at radius 1 is 1.24 bits per heavy atom. The van der Waals surface area contributed by atoms with Crippen LogP contribution in [0.2, 0.25) is 0 Å². The Bertz CT molecular complexity index is 581. The Morgan fingerprint density at radius 2 is 2.05 bits per heavy atom. The Balaban J connectivity index is 2.07. The van der Waals surface area contributed by atoms with E-state index in [1.165, 1.54) is 28.2 Å². The molecule has 1 unspecified atom stereocenters. The molecule has 1 aromatic heterocycles. The second kappa shape index (κ2) is 7.92. The number of nitrogens with one attached hydrogen (secondary N) is 1. The molecule has 1 atom stereocenters. The molecule has 1 aromatic carbocycles. The molecule has 114 valence electrons. The molecule has 2 aromatic rings. The summed E-state index contributed by atoms with van der Waals surface area (Å²) in [4.78, 5) is 4.43. The Labute approximate surface area is 135 Å². The van der Waals surface area contributed by atoms with E-state index in [2.05, 4.69) is 53.6 Å². The lowest BCUT2D eigenvalue weighted by Crippen LogP contribution is -2.24. The zero-order valence-electron chi connectivity index (χ0n) is 13.1. The predicted molar refractivity (Wildman–Crippen MR) is 92.3 cm³/mol. The van der Waals surface area contributed by atoms with E-state index < -0.39 is 0 Å². The summed E-state index contributed by atoms with van der Waals surface area (Å²) in [5.74, 6) is 1.85. The van der Waals surface area contributed by atoms with E-state index in [4.69, 9.17) is 0 Å². The quantitative estimate of drug-likeness (QED) is 0.772. The highest BCUT2D eigenvalue weighted by Crippen LogP contribution is 2.27. The summed E-state index contributed by atoms with van der Waals surface area (Å²) in [6.45, 7) is 9.51. The van der Waals surface area contributed by atoms with Gasteiger partial charge in [0.1, 0.15) is 5.82 Å². The summed E-state index contributed by atoms with van der Waals surface area (Å²) >= 11 is 3.28. The molecule has 0 aliphatic rings. The van der Waals surface area contributed by atoms with E-state index in [1.54, 1.807) is 11.8 Å². The van der Waals surface area contributed by atoms with Crippen LogP contribution in [0, 0.1) is 20.8 Å². The third-order valence-corrected chi connectivity index (χ3v) is 5.47. The molecule has 1 heterocycles. The van der Waals surface area contributed by atoms with Crippen LogP contribution < -0.4 is 5.32 Å². The number of benzene rings is 1. The van der Waals surface area contributed by atoms with E-state index >= 15 is 0 Å². The Hall–Kier alpha value is -0.910. The van der Waals surface area contributed by atoms with Crippen molar-refractivity contribution in [1.82, 2.24) is 14.7 Å². The average molecular weight is 322 g/mol. The number of thioether (sulfide) groups is 1. The predicted octanol–water partition coefficient (Wildman–Crippen LogP) is 4.30. The van der Waals surface area contributed by atoms with Gasteiger partial charge in [-0.15, -0.1) is 0 Å². The zero-order chi connectivity index (χ0) is 15.2. The van der Waals surface area contributed by atoms with Crippen LogP contribution in [0.5, 0.6) is 0 Å². The lowest BCUT2D eigenvalue weighted by Gasteiger charge is -2.19. The highest BCUT2D eigenvalue weighted by Gasteiger charge is 2.13. The van der Waals surface area contributed by atoms with Crippen molar-refractivity contribution in [2.75, 3.05) is 12.3 Å². The van der Waals surface area contributed by atoms with Crippen LogP contribution in [0.4, 0.5) is 0 Å². The van der Waals surface area contributed by atoms with E-state index in [1.807, 2.05) is 6.92 Å². The fraction of sp³-hybridized carbons (Fsp3) is 0.500. The van der Waals surface area contributed by atoms with Gasteiger partial charge in [-0.05, 0) is 62.0 Å². The smallest absolute Gasteiger partial charge is 0.170 e. The summed E-state index contributed by atoms with van der Waals surface area (Å²) in [6, 6.07) is 7.11. The second-order valence-electron chi connectivity index (χ2n) is 5.27. The van der Waals surface area contributed by atoms with Crippen molar-refractivity contribution in [2.45, 2.75) is 44.5 Å². The monoisotopic (exact) mass is 321 g/mol. The first-order valence-corrected chi connectivity index (χ1v) is 9.09. The number of rotatable bonds is 7. The summed E-state index contributed by atoms with van der Waals surface area (Å²) in [5, 5.41) is 3.65. The lowest BCUT2D eigenvalue weighted by molar-refractivity contribution is 0.577. The van der Waals surface area contributed by atoms with Crippen molar-refractivity contribution >= 4 is 23.3 Å². The summed E-state index contributed by atoms with van der Waals surface area (Å²) in [6.07, 6.45) is 1.14. The molecule has 0 fully saturated rings. The van der Waals surface area contributed by atoms with E-state index in [0.29, 0.717) is 6.04 Å². The van der Waals surface area contributed by atoms with Gasteiger partial charge in [-0.25, -0.2) is 4.98 Å². The van der Waals surface area contributed by atoms with Crippen molar-refractivity contribution < 1.29 is 0 Å². The molecule has 0 saturated carbocycles. The van der Waals surface area contributed by atoms with E-state index in [-0.39, 0.29) is 0 Å². The summed E-state index contributed by atoms with van der Waals surface area (Å²) in [5.41, 5.74) is 4.06. The highest BCUT2D eigenvalue weighted by molar-refractivity contribution is 8.00. The summed E-state index contributed by atoms with van der Waals surface area (Å²) < 4.78 is 5.30. The van der Waals surface area contributed by atoms with Crippen LogP contribution in [0.1, 0.15) is 41.9 Å². The van der Waals surface area contributed by atoms with Crippen molar-refractivity contribution in [2.24, 2.45) is 0 Å². The maximum atomic E-state index is 4.43. The third kappa shape index (κ3) is 4.80. The molecule has 0 bridgehead atoms. The average Bonchev–Trinajstić information content (AvgIpc) is 2.88. The second-order valence-corrected chi connectivity index (χ2v) is 7.29. The van der Waals surface area contributed by atoms with Crippen molar-refractivity contribution in [3.8, 4) is 0 Å². The molecule has 0 amide bonds. The van der Waals surface area contributed by atoms with E-state index in [9.17, 15) is 0 Å². The maximum Gasteiger partial charge on any atom is 0.170 e. The molecule has 3 nitrogen and oxygen atoms in total. The molecule has 5 heteroatoms. The van der Waals surface area contributed by atoms with Crippen LogP contribution in [-0.4, -0.2) is 21.7 Å². The minimum atomic E-state index is 0.360. The van der Waals surface area contributed by atoms with Crippen molar-refractivity contribution in [3.63, 3.8) is 0 Å². The van der Waals surface area contributed by atoms with Crippen LogP contribution in [-0.2, 0) is 0 Å². The van der Waals surface area contributed by atoms with Gasteiger partial charge < -0.3 is 5.32 Å². The first-order chi connectivity index (χ1) is 10.1. The van der Waals surface area contributed by atoms with Gasteiger partial charge >= 0.3 is 0 Å². The molecule has 0 aliphatic heterocycles. The number of hydrogen-bond donors (Lipinski definition) is 1. The zero-order valence-corrected chi connectivity index (χ0v) is 14.8. The molecule has 1 N–H and O–H groups in total. The Morgan fingerprint density at radius 3 is 2.67 bits per heavy atom. The first kappa shape index (κ1) is 16.5. The maximum absolute atomic E-state index is 4.43. The lowest BCUT2D eigenvalue weighted by atomic mass is 10.0. The molecule has 0 spiro atoms. The Kier molecular flexibility index (Phi) is 6.21.